The SMILES string of the molecule is COc1ccccc1-c1cc(C(=O)NNC(=O)c2ccc(Cn3nnc(-c4ccccc4)n3)cc2)no1. The minimum absolute atomic E-state index is 0.00626. The third-order valence-electron chi connectivity index (χ3n) is 5.43. The van der Waals surface area contributed by atoms with Gasteiger partial charge in [0.2, 0.25) is 5.82 Å². The summed E-state index contributed by atoms with van der Waals surface area (Å²) in [6, 6.07) is 25.1. The summed E-state index contributed by atoms with van der Waals surface area (Å²) in [5.74, 6) is 0.371. The molecule has 11 heteroatoms. The number of carbonyl (C=O) groups excluding carboxylic acids is 2. The molecule has 2 aromatic heterocycles. The number of nitrogens with zero attached hydrogens (tertiary/aromatic N) is 5. The lowest BCUT2D eigenvalue weighted by Gasteiger charge is -2.06. The third kappa shape index (κ3) is 5.35. The second-order valence-corrected chi connectivity index (χ2v) is 7.89. The van der Waals surface area contributed by atoms with Crippen molar-refractivity contribution in [3.8, 4) is 28.5 Å². The van der Waals surface area contributed by atoms with Crippen LogP contribution in [0.2, 0.25) is 0 Å². The summed E-state index contributed by atoms with van der Waals surface area (Å²) in [6.45, 7) is 0.388. The number of hydrogen-bond acceptors (Lipinski definition) is 8. The van der Waals surface area contributed by atoms with Gasteiger partial charge in [0, 0.05) is 17.2 Å². The van der Waals surface area contributed by atoms with E-state index in [0.29, 0.717) is 35.0 Å². The van der Waals surface area contributed by atoms with Crippen molar-refractivity contribution in [3.05, 3.63) is 102 Å². The van der Waals surface area contributed by atoms with Gasteiger partial charge in [0.1, 0.15) is 5.75 Å². The fraction of sp³-hybridized carbons (Fsp3) is 0.0769. The maximum absolute atomic E-state index is 12.5. The molecule has 2 amide bonds. The lowest BCUT2D eigenvalue weighted by Crippen LogP contribution is -2.41. The summed E-state index contributed by atoms with van der Waals surface area (Å²) < 4.78 is 10.6. The van der Waals surface area contributed by atoms with Crippen LogP contribution in [0.4, 0.5) is 0 Å². The van der Waals surface area contributed by atoms with Crippen molar-refractivity contribution in [2.24, 2.45) is 0 Å². The number of amides is 2. The van der Waals surface area contributed by atoms with Gasteiger partial charge in [-0.05, 0) is 35.0 Å². The zero-order valence-corrected chi connectivity index (χ0v) is 19.7. The normalized spacial score (nSPS) is 10.6. The van der Waals surface area contributed by atoms with E-state index in [1.54, 1.807) is 36.4 Å². The molecule has 0 aliphatic heterocycles. The first-order chi connectivity index (χ1) is 18.1. The number of methoxy groups -OCH3 is 1. The molecule has 2 N–H and O–H groups in total. The van der Waals surface area contributed by atoms with Crippen LogP contribution >= 0.6 is 0 Å². The van der Waals surface area contributed by atoms with Crippen LogP contribution in [-0.4, -0.2) is 44.3 Å². The number of para-hydroxylation sites is 1. The Hall–Kier alpha value is -5.32. The molecule has 0 bridgehead atoms. The van der Waals surface area contributed by atoms with E-state index >= 15 is 0 Å². The summed E-state index contributed by atoms with van der Waals surface area (Å²) in [5.41, 5.74) is 7.49. The number of hydrogen-bond donors (Lipinski definition) is 2. The molecule has 2 heterocycles. The first-order valence-corrected chi connectivity index (χ1v) is 11.2. The standard InChI is InChI=1S/C26H21N7O4/c1-36-22-10-6-5-9-20(22)23-15-21(31-37-23)26(35)29-28-25(34)19-13-11-17(12-14-19)16-33-30-24(27-32-33)18-7-3-2-4-8-18/h2-15H,16H2,1H3,(H,28,34)(H,29,35). The van der Waals surface area contributed by atoms with Crippen LogP contribution in [0.25, 0.3) is 22.7 Å². The van der Waals surface area contributed by atoms with Gasteiger partial charge in [-0.1, -0.05) is 59.8 Å². The number of nitrogens with one attached hydrogen (secondary N) is 2. The Bertz CT molecular complexity index is 1530. The lowest BCUT2D eigenvalue weighted by atomic mass is 10.1. The zero-order valence-electron chi connectivity index (χ0n) is 19.7. The highest BCUT2D eigenvalue weighted by atomic mass is 16.5. The van der Waals surface area contributed by atoms with E-state index < -0.39 is 11.8 Å². The summed E-state index contributed by atoms with van der Waals surface area (Å²) in [6.07, 6.45) is 0. The molecule has 0 aliphatic carbocycles. The maximum atomic E-state index is 12.5. The topological polar surface area (TPSA) is 137 Å². The van der Waals surface area contributed by atoms with E-state index in [4.69, 9.17) is 9.26 Å². The number of aromatic nitrogens is 5. The monoisotopic (exact) mass is 495 g/mol. The smallest absolute Gasteiger partial charge is 0.291 e. The average Bonchev–Trinajstić information content (AvgIpc) is 3.63. The van der Waals surface area contributed by atoms with Crippen LogP contribution in [0, 0.1) is 0 Å². The van der Waals surface area contributed by atoms with Gasteiger partial charge in [0.05, 0.1) is 19.2 Å². The highest BCUT2D eigenvalue weighted by molar-refractivity contribution is 5.98. The van der Waals surface area contributed by atoms with Crippen LogP contribution in [0.15, 0.2) is 89.5 Å². The molecule has 5 aromatic rings. The van der Waals surface area contributed by atoms with Gasteiger partial charge in [-0.2, -0.15) is 4.80 Å². The average molecular weight is 495 g/mol. The summed E-state index contributed by atoms with van der Waals surface area (Å²) in [7, 11) is 1.54. The molecule has 0 unspecified atom stereocenters. The van der Waals surface area contributed by atoms with E-state index in [2.05, 4.69) is 31.4 Å². The Balaban J connectivity index is 1.16. The molecule has 184 valence electrons. The highest BCUT2D eigenvalue weighted by Crippen LogP contribution is 2.29. The fourth-order valence-corrected chi connectivity index (χ4v) is 3.54. The second-order valence-electron chi connectivity index (χ2n) is 7.89. The summed E-state index contributed by atoms with van der Waals surface area (Å²) in [5, 5.41) is 16.3. The molecule has 0 radical (unpaired) electrons. The van der Waals surface area contributed by atoms with E-state index in [1.807, 2.05) is 42.5 Å². The largest absolute Gasteiger partial charge is 0.496 e. The quantitative estimate of drug-likeness (QED) is 0.329. The lowest BCUT2D eigenvalue weighted by molar-refractivity contribution is 0.0841. The van der Waals surface area contributed by atoms with E-state index in [-0.39, 0.29) is 5.69 Å². The number of carbonyl (C=O) groups is 2. The summed E-state index contributed by atoms with van der Waals surface area (Å²) in [4.78, 5) is 26.4. The number of hydrazine groups is 1. The predicted octanol–water partition coefficient (Wildman–Crippen LogP) is 3.13. The van der Waals surface area contributed by atoms with Gasteiger partial charge < -0.3 is 9.26 Å². The Labute approximate surface area is 211 Å². The molecule has 0 spiro atoms. The maximum Gasteiger partial charge on any atom is 0.291 e. The van der Waals surface area contributed by atoms with Crippen LogP contribution < -0.4 is 15.6 Å². The van der Waals surface area contributed by atoms with Gasteiger partial charge in [0.15, 0.2) is 11.5 Å². The highest BCUT2D eigenvalue weighted by Gasteiger charge is 2.17. The van der Waals surface area contributed by atoms with Gasteiger partial charge >= 0.3 is 0 Å². The zero-order chi connectivity index (χ0) is 25.6. The number of tetrazole rings is 1. The van der Waals surface area contributed by atoms with E-state index in [0.717, 1.165) is 11.1 Å². The van der Waals surface area contributed by atoms with Crippen LogP contribution in [0.3, 0.4) is 0 Å². The Morgan fingerprint density at radius 1 is 0.919 bits per heavy atom. The van der Waals surface area contributed by atoms with Crippen LogP contribution in [-0.2, 0) is 6.54 Å². The second kappa shape index (κ2) is 10.5. The molecule has 11 nitrogen and oxygen atoms in total. The molecule has 5 rings (SSSR count). The fourth-order valence-electron chi connectivity index (χ4n) is 3.54. The van der Waals surface area contributed by atoms with Crippen molar-refractivity contribution >= 4 is 11.8 Å². The van der Waals surface area contributed by atoms with E-state index in [1.165, 1.54) is 18.0 Å². The molecule has 37 heavy (non-hydrogen) atoms. The number of benzene rings is 3. The van der Waals surface area contributed by atoms with Crippen LogP contribution in [0.1, 0.15) is 26.4 Å². The minimum atomic E-state index is -0.624. The van der Waals surface area contributed by atoms with Crippen LogP contribution in [0.5, 0.6) is 5.75 Å². The van der Waals surface area contributed by atoms with Crippen molar-refractivity contribution in [2.75, 3.05) is 7.11 Å². The molecular formula is C26H21N7O4. The first-order valence-electron chi connectivity index (χ1n) is 11.2. The van der Waals surface area contributed by atoms with Crippen molar-refractivity contribution < 1.29 is 18.8 Å². The van der Waals surface area contributed by atoms with Crippen molar-refractivity contribution in [3.63, 3.8) is 0 Å². The molecule has 0 atom stereocenters. The Morgan fingerprint density at radius 3 is 2.43 bits per heavy atom. The predicted molar refractivity (Wildman–Crippen MR) is 132 cm³/mol. The molecular weight excluding hydrogens is 474 g/mol. The molecule has 0 aliphatic rings. The summed E-state index contributed by atoms with van der Waals surface area (Å²) >= 11 is 0. The minimum Gasteiger partial charge on any atom is -0.496 e. The Morgan fingerprint density at radius 2 is 1.65 bits per heavy atom. The third-order valence-corrected chi connectivity index (χ3v) is 5.43. The van der Waals surface area contributed by atoms with Gasteiger partial charge in [-0.3, -0.25) is 20.4 Å². The number of rotatable bonds is 7. The van der Waals surface area contributed by atoms with Crippen molar-refractivity contribution in [1.82, 2.24) is 36.2 Å². The molecule has 0 saturated carbocycles. The first kappa shape index (κ1) is 23.4. The van der Waals surface area contributed by atoms with Gasteiger partial charge in [-0.25, -0.2) is 0 Å². The van der Waals surface area contributed by atoms with E-state index in [9.17, 15) is 9.59 Å². The molecule has 0 saturated heterocycles. The van der Waals surface area contributed by atoms with Crippen molar-refractivity contribution in [2.45, 2.75) is 6.54 Å². The molecule has 0 fully saturated rings. The number of ether oxygens (including phenoxy) is 1. The molecule has 3 aromatic carbocycles. The van der Waals surface area contributed by atoms with Gasteiger partial charge in [0.25, 0.3) is 11.8 Å². The Kier molecular flexibility index (Phi) is 6.66. The van der Waals surface area contributed by atoms with Gasteiger partial charge in [-0.15, -0.1) is 10.2 Å². The van der Waals surface area contributed by atoms with Crippen molar-refractivity contribution in [1.29, 1.82) is 0 Å².